The minimum atomic E-state index is -0.997. The fourth-order valence-corrected chi connectivity index (χ4v) is 1.95. The largest absolute Gasteiger partial charge is 0.478 e. The van der Waals surface area contributed by atoms with Gasteiger partial charge in [0.25, 0.3) is 0 Å². The van der Waals surface area contributed by atoms with Crippen molar-refractivity contribution in [1.29, 1.82) is 0 Å². The molecule has 1 fully saturated rings. The van der Waals surface area contributed by atoms with Crippen molar-refractivity contribution in [3.63, 3.8) is 0 Å². The number of rotatable bonds is 3. The first-order chi connectivity index (χ1) is 7.40. The Morgan fingerprint density at radius 2 is 2.19 bits per heavy atom. The first-order valence-corrected chi connectivity index (χ1v) is 5.57. The molecular weight excluding hydrogens is 226 g/mol. The van der Waals surface area contributed by atoms with Crippen LogP contribution in [0, 0.1) is 5.41 Å². The average molecular weight is 240 g/mol. The Bertz CT molecular complexity index is 443. The van der Waals surface area contributed by atoms with E-state index in [1.165, 1.54) is 6.07 Å². The highest BCUT2D eigenvalue weighted by Gasteiger charge is 2.45. The number of halogens is 1. The van der Waals surface area contributed by atoms with Gasteiger partial charge in [-0.1, -0.05) is 25.4 Å². The van der Waals surface area contributed by atoms with Gasteiger partial charge >= 0.3 is 5.97 Å². The highest BCUT2D eigenvalue weighted by molar-refractivity contribution is 6.33. The number of aromatic carboxylic acids is 1. The summed E-state index contributed by atoms with van der Waals surface area (Å²) in [4.78, 5) is 10.8. The molecule has 0 amide bonds. The van der Waals surface area contributed by atoms with Crippen LogP contribution in [0.5, 0.6) is 0 Å². The highest BCUT2D eigenvalue weighted by atomic mass is 35.5. The summed E-state index contributed by atoms with van der Waals surface area (Å²) >= 11 is 5.88. The maximum atomic E-state index is 10.8. The Labute approximate surface area is 99.4 Å². The number of nitrogens with one attached hydrogen (secondary N) is 1. The van der Waals surface area contributed by atoms with E-state index < -0.39 is 5.97 Å². The molecule has 4 heteroatoms. The molecule has 1 unspecified atom stereocenters. The summed E-state index contributed by atoms with van der Waals surface area (Å²) in [5.41, 5.74) is 1.35. The third-order valence-electron chi connectivity index (χ3n) is 3.05. The van der Waals surface area contributed by atoms with E-state index in [9.17, 15) is 4.79 Å². The van der Waals surface area contributed by atoms with Gasteiger partial charge in [0.2, 0.25) is 0 Å². The number of carboxylic acid groups (broad SMARTS) is 1. The first kappa shape index (κ1) is 11.3. The molecular formula is C12H14ClNO2. The minimum Gasteiger partial charge on any atom is -0.478 e. The van der Waals surface area contributed by atoms with Gasteiger partial charge in [0.05, 0.1) is 10.6 Å². The Kier molecular flexibility index (Phi) is 2.58. The molecule has 0 aliphatic heterocycles. The first-order valence-electron chi connectivity index (χ1n) is 5.19. The maximum absolute atomic E-state index is 10.8. The summed E-state index contributed by atoms with van der Waals surface area (Å²) in [7, 11) is 0. The molecule has 0 heterocycles. The molecule has 1 aromatic rings. The molecule has 1 aliphatic rings. The van der Waals surface area contributed by atoms with Crippen LogP contribution in [0.15, 0.2) is 18.2 Å². The lowest BCUT2D eigenvalue weighted by molar-refractivity contribution is 0.0697. The summed E-state index contributed by atoms with van der Waals surface area (Å²) in [6.45, 7) is 4.38. The third kappa shape index (κ3) is 2.14. The lowest BCUT2D eigenvalue weighted by atomic mass is 10.1. The minimum absolute atomic E-state index is 0.141. The third-order valence-corrected chi connectivity index (χ3v) is 3.37. The van der Waals surface area contributed by atoms with Gasteiger partial charge in [-0.15, -0.1) is 0 Å². The monoisotopic (exact) mass is 239 g/mol. The van der Waals surface area contributed by atoms with Crippen molar-refractivity contribution < 1.29 is 9.90 Å². The van der Waals surface area contributed by atoms with E-state index >= 15 is 0 Å². The second kappa shape index (κ2) is 3.67. The molecule has 3 nitrogen and oxygen atoms in total. The molecule has 0 spiro atoms. The zero-order valence-electron chi connectivity index (χ0n) is 9.25. The van der Waals surface area contributed by atoms with Crippen molar-refractivity contribution in [2.75, 3.05) is 5.32 Å². The quantitative estimate of drug-likeness (QED) is 0.851. The van der Waals surface area contributed by atoms with Crippen molar-refractivity contribution in [2.24, 2.45) is 5.41 Å². The molecule has 16 heavy (non-hydrogen) atoms. The molecule has 0 aromatic heterocycles. The standard InChI is InChI=1S/C12H14ClNO2/c1-12(2)6-10(12)14-7-3-4-8(11(15)16)9(13)5-7/h3-5,10,14H,6H2,1-2H3,(H,15,16). The molecule has 86 valence electrons. The zero-order valence-corrected chi connectivity index (χ0v) is 10.0. The van der Waals surface area contributed by atoms with E-state index in [2.05, 4.69) is 19.2 Å². The van der Waals surface area contributed by atoms with Gasteiger partial charge in [0, 0.05) is 11.7 Å². The summed E-state index contributed by atoms with van der Waals surface area (Å²) in [5, 5.41) is 12.4. The number of hydrogen-bond acceptors (Lipinski definition) is 2. The molecule has 1 saturated carbocycles. The van der Waals surface area contributed by atoms with E-state index in [-0.39, 0.29) is 10.6 Å². The summed E-state index contributed by atoms with van der Waals surface area (Å²) in [6.07, 6.45) is 1.13. The molecule has 2 N–H and O–H groups in total. The van der Waals surface area contributed by atoms with Crippen molar-refractivity contribution in [1.82, 2.24) is 0 Å². The zero-order chi connectivity index (χ0) is 11.9. The van der Waals surface area contributed by atoms with Gasteiger partial charge in [-0.2, -0.15) is 0 Å². The van der Waals surface area contributed by atoms with Gasteiger partial charge in [-0.25, -0.2) is 4.79 Å². The second-order valence-electron chi connectivity index (χ2n) is 4.89. The maximum Gasteiger partial charge on any atom is 0.337 e. The molecule has 0 saturated heterocycles. The molecule has 1 atom stereocenters. The lowest BCUT2D eigenvalue weighted by Crippen LogP contribution is -2.08. The van der Waals surface area contributed by atoms with Crippen molar-refractivity contribution in [2.45, 2.75) is 26.3 Å². The normalized spacial score (nSPS) is 21.6. The van der Waals surface area contributed by atoms with Gasteiger partial charge in [-0.05, 0) is 30.0 Å². The summed E-state index contributed by atoms with van der Waals surface area (Å²) in [6, 6.07) is 5.41. The number of benzene rings is 1. The van der Waals surface area contributed by atoms with E-state index in [0.29, 0.717) is 11.5 Å². The second-order valence-corrected chi connectivity index (χ2v) is 5.30. The molecule has 2 rings (SSSR count). The molecule has 1 aliphatic carbocycles. The topological polar surface area (TPSA) is 49.3 Å². The lowest BCUT2D eigenvalue weighted by Gasteiger charge is -2.09. The Morgan fingerprint density at radius 1 is 1.56 bits per heavy atom. The predicted octanol–water partition coefficient (Wildman–Crippen LogP) is 3.25. The van der Waals surface area contributed by atoms with Gasteiger partial charge in [0.15, 0.2) is 0 Å². The van der Waals surface area contributed by atoms with E-state index in [4.69, 9.17) is 16.7 Å². The van der Waals surface area contributed by atoms with Crippen LogP contribution in [0.1, 0.15) is 30.6 Å². The Balaban J connectivity index is 2.13. The van der Waals surface area contributed by atoms with E-state index in [1.54, 1.807) is 12.1 Å². The van der Waals surface area contributed by atoms with E-state index in [1.807, 2.05) is 0 Å². The fraction of sp³-hybridized carbons (Fsp3) is 0.417. The fourth-order valence-electron chi connectivity index (χ4n) is 1.69. The van der Waals surface area contributed by atoms with Gasteiger partial charge in [-0.3, -0.25) is 0 Å². The van der Waals surface area contributed by atoms with Crippen LogP contribution in [0.3, 0.4) is 0 Å². The smallest absolute Gasteiger partial charge is 0.337 e. The summed E-state index contributed by atoms with van der Waals surface area (Å²) < 4.78 is 0. The van der Waals surface area contributed by atoms with Gasteiger partial charge < -0.3 is 10.4 Å². The number of carbonyl (C=O) groups is 1. The molecule has 0 bridgehead atoms. The van der Waals surface area contributed by atoms with Crippen LogP contribution in [-0.2, 0) is 0 Å². The van der Waals surface area contributed by atoms with Crippen LogP contribution in [0.25, 0.3) is 0 Å². The van der Waals surface area contributed by atoms with E-state index in [0.717, 1.165) is 12.1 Å². The van der Waals surface area contributed by atoms with Crippen LogP contribution < -0.4 is 5.32 Å². The van der Waals surface area contributed by atoms with Crippen LogP contribution in [0.2, 0.25) is 5.02 Å². The summed E-state index contributed by atoms with van der Waals surface area (Å²) in [5.74, 6) is -0.997. The van der Waals surface area contributed by atoms with Crippen LogP contribution >= 0.6 is 11.6 Å². The van der Waals surface area contributed by atoms with Crippen molar-refractivity contribution in [3.8, 4) is 0 Å². The van der Waals surface area contributed by atoms with Crippen molar-refractivity contribution >= 4 is 23.3 Å². The average Bonchev–Trinajstić information content (AvgIpc) is 2.72. The number of anilines is 1. The van der Waals surface area contributed by atoms with Crippen molar-refractivity contribution in [3.05, 3.63) is 28.8 Å². The predicted molar refractivity (Wildman–Crippen MR) is 64.2 cm³/mol. The molecule has 1 aromatic carbocycles. The van der Waals surface area contributed by atoms with Crippen LogP contribution in [0.4, 0.5) is 5.69 Å². The Hall–Kier alpha value is -1.22. The highest BCUT2D eigenvalue weighted by Crippen LogP contribution is 2.46. The molecule has 0 radical (unpaired) electrons. The number of carboxylic acids is 1. The SMILES string of the molecule is CC1(C)CC1Nc1ccc(C(=O)O)c(Cl)c1. The van der Waals surface area contributed by atoms with Crippen LogP contribution in [-0.4, -0.2) is 17.1 Å². The number of hydrogen-bond donors (Lipinski definition) is 2. The van der Waals surface area contributed by atoms with Gasteiger partial charge in [0.1, 0.15) is 0 Å². The Morgan fingerprint density at radius 3 is 2.62 bits per heavy atom.